The van der Waals surface area contributed by atoms with Crippen LogP contribution in [0.1, 0.15) is 57.9 Å². The van der Waals surface area contributed by atoms with Gasteiger partial charge in [-0.25, -0.2) is 14.8 Å². The Morgan fingerprint density at radius 3 is 2.30 bits per heavy atom. The lowest BCUT2D eigenvalue weighted by Gasteiger charge is -2.05. The number of aryl methyl sites for hydroxylation is 1. The first kappa shape index (κ1) is 19.5. The molecule has 0 amide bonds. The molecule has 1 fully saturated rings. The molecule has 0 aliphatic carbocycles. The molecule has 0 N–H and O–H groups in total. The van der Waals surface area contributed by atoms with Crippen LogP contribution in [-0.4, -0.2) is 28.1 Å². The molecule has 0 spiro atoms. The predicted molar refractivity (Wildman–Crippen MR) is 105 cm³/mol. The van der Waals surface area contributed by atoms with Gasteiger partial charge < -0.3 is 9.47 Å². The van der Waals surface area contributed by atoms with E-state index in [4.69, 9.17) is 9.47 Å². The number of benzene rings is 1. The van der Waals surface area contributed by atoms with Crippen molar-refractivity contribution in [2.75, 3.05) is 0 Å². The van der Waals surface area contributed by atoms with E-state index in [1.165, 1.54) is 44.1 Å². The number of epoxide rings is 1. The van der Waals surface area contributed by atoms with Gasteiger partial charge >= 0.3 is 5.97 Å². The van der Waals surface area contributed by atoms with Gasteiger partial charge in [0.25, 0.3) is 0 Å². The van der Waals surface area contributed by atoms with Crippen molar-refractivity contribution in [2.45, 2.75) is 71.0 Å². The van der Waals surface area contributed by atoms with E-state index < -0.39 is 6.10 Å². The quantitative estimate of drug-likeness (QED) is 0.262. The number of rotatable bonds is 10. The van der Waals surface area contributed by atoms with Gasteiger partial charge in [0.2, 0.25) is 0 Å². The van der Waals surface area contributed by atoms with Crippen LogP contribution < -0.4 is 4.74 Å². The van der Waals surface area contributed by atoms with Gasteiger partial charge in [-0.2, -0.15) is 0 Å². The highest BCUT2D eigenvalue weighted by Gasteiger charge is 2.42. The second-order valence-electron chi connectivity index (χ2n) is 7.14. The van der Waals surface area contributed by atoms with Gasteiger partial charge in [-0.05, 0) is 49.6 Å². The molecule has 5 heteroatoms. The molecule has 3 rings (SSSR count). The summed E-state index contributed by atoms with van der Waals surface area (Å²) in [6.45, 7) is 4.09. The van der Waals surface area contributed by atoms with E-state index in [0.29, 0.717) is 11.6 Å². The van der Waals surface area contributed by atoms with Crippen LogP contribution in [-0.2, 0) is 16.0 Å². The number of esters is 1. The number of carbonyl (C=O) groups is 1. The van der Waals surface area contributed by atoms with E-state index >= 15 is 0 Å². The highest BCUT2D eigenvalue weighted by Crippen LogP contribution is 2.25. The zero-order valence-corrected chi connectivity index (χ0v) is 16.2. The van der Waals surface area contributed by atoms with Crippen molar-refractivity contribution in [2.24, 2.45) is 0 Å². The smallest absolute Gasteiger partial charge is 0.343 e. The van der Waals surface area contributed by atoms with Crippen LogP contribution in [0, 0.1) is 0 Å². The number of aromatic nitrogens is 2. The normalized spacial score (nSPS) is 18.3. The molecule has 2 atom stereocenters. The van der Waals surface area contributed by atoms with Crippen molar-refractivity contribution < 1.29 is 14.3 Å². The van der Waals surface area contributed by atoms with E-state index in [2.05, 4.69) is 16.9 Å². The maximum absolute atomic E-state index is 11.8. The Labute approximate surface area is 161 Å². The first-order valence-corrected chi connectivity index (χ1v) is 9.96. The molecular weight excluding hydrogens is 340 g/mol. The Morgan fingerprint density at radius 1 is 1.04 bits per heavy atom. The number of carbonyl (C=O) groups excluding carboxylic acids is 1. The molecule has 1 aliphatic heterocycles. The molecule has 0 radical (unpaired) electrons. The summed E-state index contributed by atoms with van der Waals surface area (Å²) in [5, 5.41) is 0. The molecule has 0 saturated carbocycles. The summed E-state index contributed by atoms with van der Waals surface area (Å²) in [5.74, 6) is 0.843. The van der Waals surface area contributed by atoms with E-state index in [1.807, 2.05) is 31.5 Å². The molecule has 1 aliphatic rings. The second-order valence-corrected chi connectivity index (χ2v) is 7.14. The fraction of sp³-hybridized carbons (Fsp3) is 0.500. The molecule has 144 valence electrons. The van der Waals surface area contributed by atoms with Gasteiger partial charge in [-0.1, -0.05) is 39.0 Å². The van der Waals surface area contributed by atoms with E-state index in [0.717, 1.165) is 12.0 Å². The Balaban J connectivity index is 1.47. The molecule has 1 saturated heterocycles. The van der Waals surface area contributed by atoms with Crippen molar-refractivity contribution in [3.05, 3.63) is 42.2 Å². The van der Waals surface area contributed by atoms with Crippen LogP contribution >= 0.6 is 0 Å². The minimum absolute atomic E-state index is 0.0416. The number of unbranched alkanes of at least 4 members (excludes halogenated alkanes) is 5. The molecular formula is C22H28N2O3. The third kappa shape index (κ3) is 5.86. The second kappa shape index (κ2) is 9.60. The highest BCUT2D eigenvalue weighted by atomic mass is 16.6. The fourth-order valence-electron chi connectivity index (χ4n) is 3.02. The summed E-state index contributed by atoms with van der Waals surface area (Å²) >= 11 is 0. The van der Waals surface area contributed by atoms with Gasteiger partial charge in [0.1, 0.15) is 5.75 Å². The minimum atomic E-state index is -0.424. The summed E-state index contributed by atoms with van der Waals surface area (Å²) in [4.78, 5) is 20.7. The van der Waals surface area contributed by atoms with Gasteiger partial charge in [-0.3, -0.25) is 0 Å². The Kier molecular flexibility index (Phi) is 6.93. The largest absolute Gasteiger partial charge is 0.425 e. The predicted octanol–water partition coefficient (Wildman–Crippen LogP) is 4.74. The van der Waals surface area contributed by atoms with Crippen molar-refractivity contribution in [3.63, 3.8) is 0 Å². The van der Waals surface area contributed by atoms with Gasteiger partial charge in [-0.15, -0.1) is 0 Å². The van der Waals surface area contributed by atoms with E-state index in [1.54, 1.807) is 12.1 Å². The van der Waals surface area contributed by atoms with E-state index in [-0.39, 0.29) is 12.1 Å². The zero-order valence-electron chi connectivity index (χ0n) is 16.2. The van der Waals surface area contributed by atoms with Crippen LogP contribution in [0.5, 0.6) is 5.75 Å². The zero-order chi connectivity index (χ0) is 19.1. The summed E-state index contributed by atoms with van der Waals surface area (Å²) in [7, 11) is 0. The van der Waals surface area contributed by atoms with Crippen LogP contribution in [0.4, 0.5) is 0 Å². The number of hydrogen-bond donors (Lipinski definition) is 0. The fourth-order valence-corrected chi connectivity index (χ4v) is 3.02. The Bertz CT molecular complexity index is 728. The summed E-state index contributed by atoms with van der Waals surface area (Å²) in [6.07, 6.45) is 12.1. The Morgan fingerprint density at radius 2 is 1.67 bits per heavy atom. The van der Waals surface area contributed by atoms with Crippen LogP contribution in [0.15, 0.2) is 36.7 Å². The lowest BCUT2D eigenvalue weighted by molar-refractivity contribution is -0.135. The van der Waals surface area contributed by atoms with Gasteiger partial charge in [0.05, 0.1) is 6.10 Å². The lowest BCUT2D eigenvalue weighted by Crippen LogP contribution is -2.16. The van der Waals surface area contributed by atoms with Crippen LogP contribution in [0.2, 0.25) is 0 Å². The molecule has 1 aromatic carbocycles. The maximum Gasteiger partial charge on any atom is 0.343 e. The van der Waals surface area contributed by atoms with Gasteiger partial charge in [0.15, 0.2) is 11.9 Å². The molecule has 5 nitrogen and oxygen atoms in total. The summed E-state index contributed by atoms with van der Waals surface area (Å²) in [6, 6.07) is 7.24. The van der Waals surface area contributed by atoms with Crippen LogP contribution in [0.25, 0.3) is 11.4 Å². The van der Waals surface area contributed by atoms with E-state index in [9.17, 15) is 4.79 Å². The maximum atomic E-state index is 11.8. The first-order valence-electron chi connectivity index (χ1n) is 9.96. The third-order valence-corrected chi connectivity index (χ3v) is 4.80. The standard InChI is InChI=1S/C22H28N2O3/c1-3-4-5-6-7-8-9-17-14-23-21(24-15-17)18-10-12-19(13-11-18)27-22(25)20-16(2)26-20/h10-16,20H,3-9H2,1-2H3/t16-,20-/m1/s1. The number of ether oxygens (including phenoxy) is 2. The average molecular weight is 368 g/mol. The minimum Gasteiger partial charge on any atom is -0.425 e. The molecule has 0 unspecified atom stereocenters. The summed E-state index contributed by atoms with van der Waals surface area (Å²) < 4.78 is 10.4. The SMILES string of the molecule is CCCCCCCCc1cnc(-c2ccc(OC(=O)[C@@H]3O[C@@H]3C)cc2)nc1. The molecule has 2 heterocycles. The molecule has 0 bridgehead atoms. The van der Waals surface area contributed by atoms with Crippen molar-refractivity contribution >= 4 is 5.97 Å². The summed E-state index contributed by atoms with van der Waals surface area (Å²) in [5.41, 5.74) is 2.08. The topological polar surface area (TPSA) is 64.6 Å². The molecule has 2 aromatic rings. The average Bonchev–Trinajstić information content (AvgIpc) is 3.43. The number of hydrogen-bond acceptors (Lipinski definition) is 5. The Hall–Kier alpha value is -2.27. The number of nitrogens with zero attached hydrogens (tertiary/aromatic N) is 2. The van der Waals surface area contributed by atoms with Crippen molar-refractivity contribution in [1.29, 1.82) is 0 Å². The van der Waals surface area contributed by atoms with Crippen molar-refractivity contribution in [3.8, 4) is 17.1 Å². The monoisotopic (exact) mass is 368 g/mol. The van der Waals surface area contributed by atoms with Gasteiger partial charge in [0, 0.05) is 18.0 Å². The molecule has 27 heavy (non-hydrogen) atoms. The molecule has 1 aromatic heterocycles. The van der Waals surface area contributed by atoms with Crippen molar-refractivity contribution in [1.82, 2.24) is 9.97 Å². The third-order valence-electron chi connectivity index (χ3n) is 4.80. The van der Waals surface area contributed by atoms with Crippen LogP contribution in [0.3, 0.4) is 0 Å². The first-order chi connectivity index (χ1) is 13.2. The lowest BCUT2D eigenvalue weighted by atomic mass is 10.1. The highest BCUT2D eigenvalue weighted by molar-refractivity contribution is 5.80.